The van der Waals surface area contributed by atoms with Crippen molar-refractivity contribution in [1.29, 1.82) is 0 Å². The molecule has 3 radical (unpaired) electrons. The molecule has 6 heavy (non-hydrogen) atoms. The Morgan fingerprint density at radius 1 is 1.00 bits per heavy atom. The molecule has 0 aromatic carbocycles. The number of hydrogen-bond acceptors (Lipinski definition) is 0. The van der Waals surface area contributed by atoms with E-state index in [0.29, 0.717) is 0 Å². The fraction of sp³-hybridized carbons (Fsp3) is 1.00. The normalized spacial score (nSPS) is 6.00. The molecule has 0 aromatic heterocycles. The first-order valence-corrected chi connectivity index (χ1v) is 1.96. The van der Waals surface area contributed by atoms with E-state index in [0.717, 1.165) is 0 Å². The Hall–Kier alpha value is 1.82. The van der Waals surface area contributed by atoms with Gasteiger partial charge in [-0.05, 0) is 0 Å². The van der Waals surface area contributed by atoms with Gasteiger partial charge in [-0.3, -0.25) is 0 Å². The van der Waals surface area contributed by atoms with E-state index in [1.165, 1.54) is 0 Å². The summed E-state index contributed by atoms with van der Waals surface area (Å²) in [5.41, 5.74) is 0. The van der Waals surface area contributed by atoms with Gasteiger partial charge in [-0.1, -0.05) is 34.8 Å². The quantitative estimate of drug-likeness (QED) is 0.431. The molecule has 0 aliphatic heterocycles. The SMILES string of the molecule is ClC(Cl)Cl.[B].[Zr]. The number of alkyl halides is 3. The minimum absolute atomic E-state index is 0. The molecular formula is CHBCl3Zr. The van der Waals surface area contributed by atoms with Crippen molar-refractivity contribution in [3.63, 3.8) is 0 Å². The van der Waals surface area contributed by atoms with Gasteiger partial charge >= 0.3 is 0 Å². The molecular weight excluding hydrogens is 220 g/mol. The van der Waals surface area contributed by atoms with Crippen LogP contribution < -0.4 is 0 Å². The molecule has 0 rings (SSSR count). The molecule has 0 aromatic rings. The number of halogens is 3. The van der Waals surface area contributed by atoms with Crippen LogP contribution in [0.15, 0.2) is 0 Å². The smallest absolute Gasteiger partial charge is 0.0874 e. The number of rotatable bonds is 0. The summed E-state index contributed by atoms with van der Waals surface area (Å²) in [4.78, 5) is 0. The van der Waals surface area contributed by atoms with Crippen LogP contribution in [0.2, 0.25) is 0 Å². The molecule has 0 saturated carbocycles. The standard InChI is InChI=1S/CHCl3.B.Zr/c2-1(3)4;;/h1H;;. The Bertz CT molecular complexity index is 15.5. The van der Waals surface area contributed by atoms with Crippen LogP contribution in [-0.2, 0) is 26.2 Å². The molecule has 33 valence electrons. The Morgan fingerprint density at radius 3 is 1.00 bits per heavy atom. The van der Waals surface area contributed by atoms with Gasteiger partial charge in [-0.2, -0.15) is 0 Å². The predicted octanol–water partition coefficient (Wildman–Crippen LogP) is 1.60. The summed E-state index contributed by atoms with van der Waals surface area (Å²) in [6, 6.07) is 0. The average Bonchev–Trinajstić information content (AvgIpc) is 0.811. The van der Waals surface area contributed by atoms with Crippen LogP contribution in [0, 0.1) is 0 Å². The zero-order chi connectivity index (χ0) is 3.58. The second-order valence-electron chi connectivity index (χ2n) is 0.247. The molecule has 0 atom stereocenters. The largest absolute Gasteiger partial charge is 0.180 e. The van der Waals surface area contributed by atoms with E-state index in [-0.39, 0.29) is 34.6 Å². The summed E-state index contributed by atoms with van der Waals surface area (Å²) < 4.78 is -0.750. The van der Waals surface area contributed by atoms with Gasteiger partial charge in [-0.15, -0.1) is 0 Å². The fourth-order valence-electron chi connectivity index (χ4n) is 0. The number of hydrogen-bond donors (Lipinski definition) is 0. The maximum absolute atomic E-state index is 4.81. The van der Waals surface area contributed by atoms with Crippen LogP contribution in [0.25, 0.3) is 0 Å². The van der Waals surface area contributed by atoms with Crippen molar-refractivity contribution in [3.8, 4) is 0 Å². The Labute approximate surface area is 73.2 Å². The van der Waals surface area contributed by atoms with Gasteiger partial charge < -0.3 is 0 Å². The molecule has 0 saturated heterocycles. The van der Waals surface area contributed by atoms with Crippen molar-refractivity contribution in [2.45, 2.75) is 4.30 Å². The minimum atomic E-state index is -0.750. The first-order chi connectivity index (χ1) is 1.73. The van der Waals surface area contributed by atoms with Crippen LogP contribution >= 0.6 is 34.8 Å². The Kier molecular flexibility index (Phi) is 25.9. The Balaban J connectivity index is -0.0000000450. The van der Waals surface area contributed by atoms with Crippen LogP contribution in [0.1, 0.15) is 0 Å². The average molecular weight is 221 g/mol. The first kappa shape index (κ1) is 15.7. The maximum Gasteiger partial charge on any atom is 0.180 e. The third-order valence-electron chi connectivity index (χ3n) is 0. The van der Waals surface area contributed by atoms with Crippen molar-refractivity contribution in [1.82, 2.24) is 0 Å². The second-order valence-corrected chi connectivity index (χ2v) is 2.23. The predicted molar refractivity (Wildman–Crippen MR) is 27.1 cm³/mol. The van der Waals surface area contributed by atoms with E-state index < -0.39 is 4.30 Å². The van der Waals surface area contributed by atoms with Crippen LogP contribution in [0.3, 0.4) is 0 Å². The first-order valence-electron chi connectivity index (χ1n) is 0.655. The summed E-state index contributed by atoms with van der Waals surface area (Å²) in [5.74, 6) is 0. The van der Waals surface area contributed by atoms with Gasteiger partial charge in [-0.25, -0.2) is 0 Å². The Morgan fingerprint density at radius 2 is 1.00 bits per heavy atom. The van der Waals surface area contributed by atoms with E-state index in [4.69, 9.17) is 34.8 Å². The molecule has 0 aliphatic rings. The monoisotopic (exact) mass is 219 g/mol. The molecule has 5 heteroatoms. The van der Waals surface area contributed by atoms with E-state index in [1.807, 2.05) is 0 Å². The molecule has 0 N–H and O–H groups in total. The second kappa shape index (κ2) is 9.94. The van der Waals surface area contributed by atoms with Crippen LogP contribution in [-0.4, -0.2) is 12.7 Å². The van der Waals surface area contributed by atoms with Crippen LogP contribution in [0.4, 0.5) is 0 Å². The van der Waals surface area contributed by atoms with E-state index >= 15 is 0 Å². The van der Waals surface area contributed by atoms with Gasteiger partial charge in [0.15, 0.2) is 4.30 Å². The molecule has 0 fully saturated rings. The molecule has 0 heterocycles. The van der Waals surface area contributed by atoms with E-state index in [9.17, 15) is 0 Å². The fourth-order valence-corrected chi connectivity index (χ4v) is 0. The molecule has 0 unspecified atom stereocenters. The maximum atomic E-state index is 4.81. The van der Waals surface area contributed by atoms with Gasteiger partial charge in [0.2, 0.25) is 0 Å². The molecule has 0 aliphatic carbocycles. The zero-order valence-electron chi connectivity index (χ0n) is 2.79. The minimum Gasteiger partial charge on any atom is -0.0874 e. The van der Waals surface area contributed by atoms with Crippen molar-refractivity contribution in [2.24, 2.45) is 0 Å². The van der Waals surface area contributed by atoms with E-state index in [2.05, 4.69) is 0 Å². The summed E-state index contributed by atoms with van der Waals surface area (Å²) in [6.07, 6.45) is 0. The van der Waals surface area contributed by atoms with Crippen molar-refractivity contribution >= 4 is 43.2 Å². The van der Waals surface area contributed by atoms with Gasteiger partial charge in [0.25, 0.3) is 0 Å². The van der Waals surface area contributed by atoms with Crippen molar-refractivity contribution < 1.29 is 26.2 Å². The molecule has 0 spiro atoms. The van der Waals surface area contributed by atoms with Crippen molar-refractivity contribution in [2.75, 3.05) is 0 Å². The molecule has 0 bridgehead atoms. The zero-order valence-corrected chi connectivity index (χ0v) is 7.51. The third-order valence-corrected chi connectivity index (χ3v) is 0. The summed E-state index contributed by atoms with van der Waals surface area (Å²) in [7, 11) is 0. The molecule has 0 nitrogen and oxygen atoms in total. The van der Waals surface area contributed by atoms with Gasteiger partial charge in [0.05, 0.1) is 0 Å². The van der Waals surface area contributed by atoms with Gasteiger partial charge in [0, 0.05) is 34.6 Å². The summed E-state index contributed by atoms with van der Waals surface area (Å²) in [6.45, 7) is 0. The summed E-state index contributed by atoms with van der Waals surface area (Å²) >= 11 is 14.4. The third kappa shape index (κ3) is 40.9. The van der Waals surface area contributed by atoms with Gasteiger partial charge in [0.1, 0.15) is 0 Å². The summed E-state index contributed by atoms with van der Waals surface area (Å²) in [5, 5.41) is 0. The van der Waals surface area contributed by atoms with Crippen molar-refractivity contribution in [3.05, 3.63) is 0 Å². The van der Waals surface area contributed by atoms with E-state index in [1.54, 1.807) is 0 Å². The van der Waals surface area contributed by atoms with Crippen LogP contribution in [0.5, 0.6) is 0 Å². The molecule has 0 amide bonds. The topological polar surface area (TPSA) is 0 Å².